The highest BCUT2D eigenvalue weighted by Gasteiger charge is 2.15. The summed E-state index contributed by atoms with van der Waals surface area (Å²) in [5.41, 5.74) is 1.84. The lowest BCUT2D eigenvalue weighted by Gasteiger charge is -2.13. The number of rotatable bonds is 9. The molecule has 0 heterocycles. The van der Waals surface area contributed by atoms with Crippen molar-refractivity contribution in [3.63, 3.8) is 0 Å². The summed E-state index contributed by atoms with van der Waals surface area (Å²) in [6.07, 6.45) is 0. The molecule has 0 atom stereocenters. The van der Waals surface area contributed by atoms with E-state index in [1.54, 1.807) is 0 Å². The topological polar surface area (TPSA) is 117 Å². The first-order chi connectivity index (χ1) is 14.2. The largest absolute Gasteiger partial charge is 0.495 e. The maximum absolute atomic E-state index is 12.1. The lowest BCUT2D eigenvalue weighted by Crippen LogP contribution is -2.24. The third-order valence-corrected chi connectivity index (χ3v) is 4.26. The highest BCUT2D eigenvalue weighted by molar-refractivity contribution is 5.94. The van der Waals surface area contributed by atoms with E-state index < -0.39 is 23.4 Å². The van der Waals surface area contributed by atoms with Crippen LogP contribution in [0.15, 0.2) is 36.4 Å². The number of carbonyl (C=O) groups excluding carboxylic acids is 2. The molecular formula is C21H24N2O7. The number of nitro groups is 1. The number of esters is 1. The monoisotopic (exact) mass is 416 g/mol. The second-order valence-corrected chi connectivity index (χ2v) is 6.82. The van der Waals surface area contributed by atoms with Gasteiger partial charge in [0, 0.05) is 12.1 Å². The predicted octanol–water partition coefficient (Wildman–Crippen LogP) is 3.60. The summed E-state index contributed by atoms with van der Waals surface area (Å²) >= 11 is 0. The summed E-state index contributed by atoms with van der Waals surface area (Å²) < 4.78 is 15.5. The van der Waals surface area contributed by atoms with Gasteiger partial charge in [0.05, 0.1) is 17.7 Å². The number of ether oxygens (including phenoxy) is 3. The summed E-state index contributed by atoms with van der Waals surface area (Å²) in [5.74, 6) is -0.256. The molecule has 0 radical (unpaired) electrons. The molecule has 2 rings (SSSR count). The number of hydrogen-bond acceptors (Lipinski definition) is 7. The molecule has 2 aromatic rings. The van der Waals surface area contributed by atoms with Gasteiger partial charge in [-0.1, -0.05) is 26.0 Å². The molecule has 0 aliphatic rings. The van der Waals surface area contributed by atoms with Crippen molar-refractivity contribution in [2.45, 2.75) is 26.7 Å². The normalized spacial score (nSPS) is 10.4. The number of nitrogens with zero attached hydrogens (tertiary/aromatic N) is 1. The van der Waals surface area contributed by atoms with Crippen LogP contribution in [-0.2, 0) is 14.3 Å². The Morgan fingerprint density at radius 2 is 1.83 bits per heavy atom. The molecule has 1 amide bonds. The number of anilines is 1. The van der Waals surface area contributed by atoms with E-state index in [1.807, 2.05) is 25.1 Å². The Hall–Kier alpha value is -3.62. The fraction of sp³-hybridized carbons (Fsp3) is 0.333. The van der Waals surface area contributed by atoms with Gasteiger partial charge in [0.1, 0.15) is 11.5 Å². The fourth-order valence-corrected chi connectivity index (χ4v) is 2.55. The Bertz CT molecular complexity index is 941. The summed E-state index contributed by atoms with van der Waals surface area (Å²) in [4.78, 5) is 34.3. The van der Waals surface area contributed by atoms with E-state index in [0.717, 1.165) is 17.2 Å². The number of aryl methyl sites for hydroxylation is 1. The third kappa shape index (κ3) is 6.20. The molecule has 0 unspecified atom stereocenters. The first-order valence-corrected chi connectivity index (χ1v) is 9.22. The van der Waals surface area contributed by atoms with Crippen molar-refractivity contribution in [2.24, 2.45) is 0 Å². The summed E-state index contributed by atoms with van der Waals surface area (Å²) in [6.45, 7) is 5.05. The Kier molecular flexibility index (Phi) is 7.74. The van der Waals surface area contributed by atoms with Gasteiger partial charge in [0.2, 0.25) is 0 Å². The molecule has 0 saturated carbocycles. The molecule has 160 valence electrons. The van der Waals surface area contributed by atoms with E-state index >= 15 is 0 Å². The molecule has 0 fully saturated rings. The van der Waals surface area contributed by atoms with Gasteiger partial charge >= 0.3 is 5.97 Å². The van der Waals surface area contributed by atoms with E-state index in [0.29, 0.717) is 11.7 Å². The number of non-ortho nitro benzene ring substituents is 1. The lowest BCUT2D eigenvalue weighted by atomic mass is 10.0. The number of nitrogens with one attached hydrogen (secondary N) is 1. The zero-order valence-corrected chi connectivity index (χ0v) is 17.3. The number of amides is 1. The minimum Gasteiger partial charge on any atom is -0.495 e. The van der Waals surface area contributed by atoms with Crippen LogP contribution in [0, 0.1) is 17.0 Å². The second kappa shape index (κ2) is 10.2. The van der Waals surface area contributed by atoms with Crippen molar-refractivity contribution < 1.29 is 28.7 Å². The number of benzene rings is 2. The minimum atomic E-state index is -0.717. The van der Waals surface area contributed by atoms with Crippen LogP contribution < -0.4 is 14.8 Å². The summed E-state index contributed by atoms with van der Waals surface area (Å²) in [6, 6.07) is 9.55. The molecule has 0 aliphatic heterocycles. The molecule has 0 bridgehead atoms. The molecule has 30 heavy (non-hydrogen) atoms. The van der Waals surface area contributed by atoms with Crippen molar-refractivity contribution >= 4 is 23.3 Å². The first kappa shape index (κ1) is 22.7. The van der Waals surface area contributed by atoms with Crippen molar-refractivity contribution in [1.29, 1.82) is 0 Å². The minimum absolute atomic E-state index is 0.102. The Balaban J connectivity index is 1.90. The van der Waals surface area contributed by atoms with Gasteiger partial charge < -0.3 is 19.5 Å². The number of methoxy groups -OCH3 is 1. The van der Waals surface area contributed by atoms with Crippen molar-refractivity contribution in [3.05, 3.63) is 57.6 Å². The Labute approximate surface area is 174 Å². The zero-order valence-electron chi connectivity index (χ0n) is 17.3. The molecule has 9 heteroatoms. The van der Waals surface area contributed by atoms with Gasteiger partial charge in [-0.3, -0.25) is 14.9 Å². The quantitative estimate of drug-likeness (QED) is 0.377. The molecule has 0 aromatic heterocycles. The average molecular weight is 416 g/mol. The molecule has 9 nitrogen and oxygen atoms in total. The molecule has 0 saturated heterocycles. The average Bonchev–Trinajstić information content (AvgIpc) is 2.71. The number of nitro benzene ring substituents is 1. The van der Waals surface area contributed by atoms with Crippen molar-refractivity contribution in [3.8, 4) is 11.5 Å². The molecule has 2 aromatic carbocycles. The second-order valence-electron chi connectivity index (χ2n) is 6.82. The van der Waals surface area contributed by atoms with Crippen LogP contribution in [0.25, 0.3) is 0 Å². The highest BCUT2D eigenvalue weighted by atomic mass is 16.6. The van der Waals surface area contributed by atoms with Crippen LogP contribution in [0.4, 0.5) is 11.4 Å². The summed E-state index contributed by atoms with van der Waals surface area (Å²) in [5, 5.41) is 13.3. The van der Waals surface area contributed by atoms with Gasteiger partial charge in [-0.15, -0.1) is 0 Å². The van der Waals surface area contributed by atoms with Gasteiger partial charge in [-0.25, -0.2) is 4.79 Å². The zero-order chi connectivity index (χ0) is 22.3. The van der Waals surface area contributed by atoms with Crippen LogP contribution >= 0.6 is 0 Å². The predicted molar refractivity (Wildman–Crippen MR) is 110 cm³/mol. The van der Waals surface area contributed by atoms with Crippen molar-refractivity contribution in [2.75, 3.05) is 25.6 Å². The third-order valence-electron chi connectivity index (χ3n) is 4.26. The van der Waals surface area contributed by atoms with Crippen LogP contribution in [0.3, 0.4) is 0 Å². The highest BCUT2D eigenvalue weighted by Crippen LogP contribution is 2.28. The van der Waals surface area contributed by atoms with Gasteiger partial charge in [-0.2, -0.15) is 0 Å². The van der Waals surface area contributed by atoms with E-state index in [-0.39, 0.29) is 23.7 Å². The number of hydrogen-bond donors (Lipinski definition) is 1. The van der Waals surface area contributed by atoms with Gasteiger partial charge in [0.25, 0.3) is 11.6 Å². The first-order valence-electron chi connectivity index (χ1n) is 9.22. The fourth-order valence-electron chi connectivity index (χ4n) is 2.55. The lowest BCUT2D eigenvalue weighted by molar-refractivity contribution is -0.384. The van der Waals surface area contributed by atoms with Crippen molar-refractivity contribution in [1.82, 2.24) is 0 Å². The molecule has 0 spiro atoms. The summed E-state index contributed by atoms with van der Waals surface area (Å²) in [7, 11) is 1.37. The molecular weight excluding hydrogens is 392 g/mol. The standard InChI is InChI=1S/C21H24N2O7/c1-13(2)15-6-5-14(3)19(9-15)29-12-21(25)30-11-20(24)22-17-10-16(23(26)27)7-8-18(17)28-4/h5-10,13H,11-12H2,1-4H3,(H,22,24). The SMILES string of the molecule is COc1ccc([N+](=O)[O-])cc1NC(=O)COC(=O)COc1cc(C(C)C)ccc1C. The molecule has 0 aliphatic carbocycles. The van der Waals surface area contributed by atoms with E-state index in [1.165, 1.54) is 19.2 Å². The van der Waals surface area contributed by atoms with Gasteiger partial charge in [-0.05, 0) is 36.1 Å². The van der Waals surface area contributed by atoms with Crippen LogP contribution in [0.2, 0.25) is 0 Å². The smallest absolute Gasteiger partial charge is 0.344 e. The van der Waals surface area contributed by atoms with Crippen LogP contribution in [0.1, 0.15) is 30.9 Å². The van der Waals surface area contributed by atoms with E-state index in [9.17, 15) is 19.7 Å². The maximum Gasteiger partial charge on any atom is 0.344 e. The molecule has 1 N–H and O–H groups in total. The van der Waals surface area contributed by atoms with Crippen LogP contribution in [-0.4, -0.2) is 37.1 Å². The maximum atomic E-state index is 12.1. The van der Waals surface area contributed by atoms with Gasteiger partial charge in [0.15, 0.2) is 13.2 Å². The number of carbonyl (C=O) groups is 2. The van der Waals surface area contributed by atoms with E-state index in [4.69, 9.17) is 14.2 Å². The Morgan fingerprint density at radius 3 is 2.47 bits per heavy atom. The Morgan fingerprint density at radius 1 is 1.10 bits per heavy atom. The van der Waals surface area contributed by atoms with Crippen LogP contribution in [0.5, 0.6) is 11.5 Å². The van der Waals surface area contributed by atoms with E-state index in [2.05, 4.69) is 19.2 Å².